The minimum absolute atomic E-state index is 0.554. The molecule has 0 spiro atoms. The highest BCUT2D eigenvalue weighted by molar-refractivity contribution is 6.21. The van der Waals surface area contributed by atoms with Crippen molar-refractivity contribution in [1.82, 2.24) is 9.97 Å². The molecule has 51 heavy (non-hydrogen) atoms. The van der Waals surface area contributed by atoms with Crippen molar-refractivity contribution in [3.05, 3.63) is 181 Å². The van der Waals surface area contributed by atoms with Crippen molar-refractivity contribution in [1.29, 1.82) is 0 Å². The molecule has 0 N–H and O–H groups in total. The fourth-order valence-corrected chi connectivity index (χ4v) is 5.34. The number of para-hydroxylation sites is 1. The van der Waals surface area contributed by atoms with Crippen LogP contribution in [-0.4, -0.2) is 9.97 Å². The Morgan fingerprint density at radius 1 is 0.392 bits per heavy atom. The van der Waals surface area contributed by atoms with E-state index in [0.29, 0.717) is 0 Å². The van der Waals surface area contributed by atoms with E-state index >= 15 is 0 Å². The van der Waals surface area contributed by atoms with E-state index in [1.165, 1.54) is 0 Å². The fourth-order valence-electron chi connectivity index (χ4n) is 5.34. The average Bonchev–Trinajstić information content (AvgIpc) is 4.06. The van der Waals surface area contributed by atoms with Crippen molar-refractivity contribution in [2.45, 2.75) is 0 Å². The number of hydrogen-bond acceptors (Lipinski definition) is 3. The third-order valence-corrected chi connectivity index (χ3v) is 7.62. The second kappa shape index (κ2) is 11.9. The third-order valence-electron chi connectivity index (χ3n) is 7.62. The highest BCUT2D eigenvalue weighted by atomic mass is 16.3. The molecule has 10 aromatic rings. The predicted molar refractivity (Wildman–Crippen MR) is 212 cm³/mol. The van der Waals surface area contributed by atoms with E-state index in [1.807, 2.05) is 0 Å². The summed E-state index contributed by atoms with van der Waals surface area (Å²) >= 11 is 0. The first kappa shape index (κ1) is 11.9. The molecule has 0 aliphatic heterocycles. The lowest BCUT2D eigenvalue weighted by atomic mass is 9.96. The Kier molecular flexibility index (Phi) is 2.78. The summed E-state index contributed by atoms with van der Waals surface area (Å²) in [6, 6.07) is -28.1. The molecule has 238 valence electrons. The van der Waals surface area contributed by atoms with Crippen LogP contribution in [0.5, 0.6) is 0 Å². The summed E-state index contributed by atoms with van der Waals surface area (Å²) in [4.78, 5) is 8.93. The average molecular weight is 681 g/mol. The molecule has 0 aliphatic carbocycles. The second-order valence-electron chi connectivity index (χ2n) is 10.6. The van der Waals surface area contributed by atoms with Crippen LogP contribution in [0, 0.1) is 0 Å². The molecule has 0 fully saturated rings. The first-order valence-corrected chi connectivity index (χ1v) is 14.8. The van der Waals surface area contributed by atoms with Crippen molar-refractivity contribution in [2.24, 2.45) is 0 Å². The maximum atomic E-state index is 9.91. The van der Waals surface area contributed by atoms with E-state index in [-0.39, 0.29) is 0 Å². The molecule has 0 amide bonds. The summed E-state index contributed by atoms with van der Waals surface area (Å²) in [5.41, 5.74) is -8.89. The van der Waals surface area contributed by atoms with Crippen LogP contribution in [0.2, 0.25) is 0 Å². The van der Waals surface area contributed by atoms with Crippen molar-refractivity contribution < 1.29 is 45.5 Å². The van der Waals surface area contributed by atoms with E-state index < -0.39 is 281 Å². The summed E-state index contributed by atoms with van der Waals surface area (Å²) in [5.74, 6) is -0.938. The minimum atomic E-state index is -1.12. The Morgan fingerprint density at radius 3 is 1.71 bits per heavy atom. The molecule has 2 aromatic heterocycles. The lowest BCUT2D eigenvalue weighted by Crippen LogP contribution is -1.97. The van der Waals surface area contributed by atoms with Crippen molar-refractivity contribution >= 4 is 43.5 Å². The van der Waals surface area contributed by atoms with Gasteiger partial charge in [0, 0.05) is 32.8 Å². The van der Waals surface area contributed by atoms with Crippen LogP contribution in [0.1, 0.15) is 41.1 Å². The monoisotopic (exact) mass is 680 g/mol. The fraction of sp³-hybridized carbons (Fsp3) is 0. The van der Waals surface area contributed by atoms with Crippen molar-refractivity contribution in [3.8, 4) is 56.2 Å². The molecule has 0 saturated carbocycles. The summed E-state index contributed by atoms with van der Waals surface area (Å²) in [6.07, 6.45) is 0. The maximum absolute atomic E-state index is 9.91. The Morgan fingerprint density at radius 2 is 0.941 bits per heavy atom. The number of rotatable bonds is 5. The van der Waals surface area contributed by atoms with Gasteiger partial charge in [-0.15, -0.1) is 0 Å². The van der Waals surface area contributed by atoms with Crippen molar-refractivity contribution in [3.63, 3.8) is 0 Å². The molecular formula is C48H30N2O. The Bertz CT molecular complexity index is 4560. The van der Waals surface area contributed by atoms with Crippen LogP contribution in [-0.2, 0) is 0 Å². The van der Waals surface area contributed by atoms with E-state index in [9.17, 15) is 12.3 Å². The van der Waals surface area contributed by atoms with Gasteiger partial charge in [-0.25, -0.2) is 9.97 Å². The lowest BCUT2D eigenvalue weighted by molar-refractivity contribution is 0.672. The standard InChI is InChI=1S/C48H30N2O/c1-3-11-31(12-4-1)38-25-26-39-29-42(46-40-17-9-10-18-45(40)51-47(46)41(39)28-38)48-49-43(34-14-5-2-6-15-34)30-44(50-48)35-22-19-33(20-23-35)37-24-21-32-13-7-8-16-36(32)27-37/h1-30H/i1D,2D,3D,4D,5D,6D,7D,8D,9D,10D,11D,12D,13D,14D,15D,16D,17D,18D,19D,20D,21D,22D,23D,24D,25D,26D,27D,28D,29D,30D. The lowest BCUT2D eigenvalue weighted by Gasteiger charge is -2.12. The van der Waals surface area contributed by atoms with Crippen LogP contribution < -0.4 is 0 Å². The maximum Gasteiger partial charge on any atom is 0.161 e. The first-order chi connectivity index (χ1) is 37.8. The molecule has 8 aromatic carbocycles. The Labute approximate surface area is 337 Å². The molecule has 0 radical (unpaired) electrons. The van der Waals surface area contributed by atoms with Gasteiger partial charge in [-0.3, -0.25) is 0 Å². The largest absolute Gasteiger partial charge is 0.455 e. The van der Waals surface area contributed by atoms with E-state index in [1.54, 1.807) is 0 Å². The van der Waals surface area contributed by atoms with Crippen LogP contribution in [0.15, 0.2) is 186 Å². The van der Waals surface area contributed by atoms with E-state index in [2.05, 4.69) is 9.97 Å². The first-order valence-electron chi connectivity index (χ1n) is 29.8. The van der Waals surface area contributed by atoms with Gasteiger partial charge in [0.15, 0.2) is 5.82 Å². The predicted octanol–water partition coefficient (Wildman–Crippen LogP) is 13.0. The molecule has 0 bridgehead atoms. The molecule has 0 saturated heterocycles. The molecule has 2 heterocycles. The number of hydrogen-bond donors (Lipinski definition) is 0. The third kappa shape index (κ3) is 5.15. The molecule has 0 unspecified atom stereocenters. The van der Waals surface area contributed by atoms with Gasteiger partial charge in [0.25, 0.3) is 0 Å². The zero-order valence-corrected chi connectivity index (χ0v) is 25.3. The summed E-state index contributed by atoms with van der Waals surface area (Å²) < 4.78 is 272. The van der Waals surface area contributed by atoms with Gasteiger partial charge in [0.2, 0.25) is 0 Å². The second-order valence-corrected chi connectivity index (χ2v) is 10.6. The minimum Gasteiger partial charge on any atom is -0.455 e. The van der Waals surface area contributed by atoms with Gasteiger partial charge in [-0.05, 0) is 68.6 Å². The summed E-state index contributed by atoms with van der Waals surface area (Å²) in [6.45, 7) is 0. The molecule has 0 atom stereocenters. The zero-order valence-electron chi connectivity index (χ0n) is 55.3. The summed E-state index contributed by atoms with van der Waals surface area (Å²) in [5, 5.41) is -3.67. The van der Waals surface area contributed by atoms with Gasteiger partial charge < -0.3 is 4.42 Å². The number of fused-ring (bicyclic) bond motifs is 6. The normalized spacial score (nSPS) is 19.8. The summed E-state index contributed by atoms with van der Waals surface area (Å²) in [7, 11) is 0. The highest BCUT2D eigenvalue weighted by Gasteiger charge is 2.20. The van der Waals surface area contributed by atoms with Gasteiger partial charge in [-0.1, -0.05) is 151 Å². The number of aromatic nitrogens is 2. The van der Waals surface area contributed by atoms with E-state index in [0.717, 1.165) is 0 Å². The topological polar surface area (TPSA) is 38.9 Å². The molecule has 10 rings (SSSR count). The van der Waals surface area contributed by atoms with Crippen molar-refractivity contribution in [2.75, 3.05) is 0 Å². The highest BCUT2D eigenvalue weighted by Crippen LogP contribution is 2.42. The van der Waals surface area contributed by atoms with Crippen LogP contribution in [0.3, 0.4) is 0 Å². The SMILES string of the molecule is [2H]c1c(-c2c([2H])c([2H])c([2H])c([2H])c2[2H])nc(-c2c([2H])c3c([2H])c([2H])c(-c4c([2H])c([2H])c([2H])c([2H])c4[2H])c([2H])c3c3oc4c([2H])c([2H])c([2H])c([2H])c4c23)nc1-c1c([2H])c([2H])c(-c2c([2H])c([2H])c3c([2H])c([2H])c([2H])c([2H])c3c2[2H])c([2H])c1[2H]. The van der Waals surface area contributed by atoms with Crippen LogP contribution >= 0.6 is 0 Å². The molecule has 0 aliphatic rings. The zero-order chi connectivity index (χ0) is 59.8. The van der Waals surface area contributed by atoms with Gasteiger partial charge in [-0.2, -0.15) is 0 Å². The number of benzene rings is 8. The molecular weight excluding hydrogens is 621 g/mol. The van der Waals surface area contributed by atoms with Gasteiger partial charge >= 0.3 is 0 Å². The Balaban J connectivity index is 1.41. The van der Waals surface area contributed by atoms with E-state index in [4.69, 9.17) is 33.2 Å². The molecule has 3 nitrogen and oxygen atoms in total. The smallest absolute Gasteiger partial charge is 0.161 e. The quantitative estimate of drug-likeness (QED) is 0.182. The van der Waals surface area contributed by atoms with Gasteiger partial charge in [0.1, 0.15) is 11.2 Å². The van der Waals surface area contributed by atoms with Gasteiger partial charge in [0.05, 0.1) is 52.5 Å². The number of furan rings is 1. The molecule has 3 heteroatoms. The van der Waals surface area contributed by atoms with Crippen LogP contribution in [0.25, 0.3) is 99.6 Å². The Hall–Kier alpha value is -6.84. The van der Waals surface area contributed by atoms with Crippen LogP contribution in [0.4, 0.5) is 0 Å². The number of nitrogens with zero attached hydrogens (tertiary/aromatic N) is 2.